The second-order valence-electron chi connectivity index (χ2n) is 4.78. The molecule has 0 bridgehead atoms. The zero-order valence-corrected chi connectivity index (χ0v) is 11.2. The molecule has 1 aromatic rings. The molecule has 0 aliphatic heterocycles. The highest BCUT2D eigenvalue weighted by atomic mass is 32.1. The van der Waals surface area contributed by atoms with Gasteiger partial charge in [-0.1, -0.05) is 12.8 Å². The highest BCUT2D eigenvalue weighted by molar-refractivity contribution is 7.15. The lowest BCUT2D eigenvalue weighted by Gasteiger charge is -2.23. The number of thiazole rings is 1. The number of hydrogen-bond donors (Lipinski definition) is 1. The summed E-state index contributed by atoms with van der Waals surface area (Å²) in [5.41, 5.74) is 7.03. The summed E-state index contributed by atoms with van der Waals surface area (Å²) in [5.74, 6) is 0. The summed E-state index contributed by atoms with van der Waals surface area (Å²) in [6.45, 7) is 4.08. The van der Waals surface area contributed by atoms with E-state index in [1.807, 2.05) is 6.92 Å². The minimum absolute atomic E-state index is 0.100. The standard InChI is InChI=1S/C12H21N3S/c1-8(13)11-9(2)14-12(16-11)15(3)10-6-4-5-7-10/h8,10H,4-7,13H2,1-3H3. The van der Waals surface area contributed by atoms with Crippen molar-refractivity contribution < 1.29 is 0 Å². The van der Waals surface area contributed by atoms with Crippen LogP contribution in [0.4, 0.5) is 5.13 Å². The third-order valence-corrected chi connectivity index (χ3v) is 4.86. The SMILES string of the molecule is Cc1nc(N(C)C2CCCC2)sc1C(C)N. The van der Waals surface area contributed by atoms with Gasteiger partial charge in [-0.2, -0.15) is 0 Å². The first-order chi connectivity index (χ1) is 7.59. The molecule has 90 valence electrons. The molecule has 1 fully saturated rings. The molecule has 0 amide bonds. The van der Waals surface area contributed by atoms with E-state index in [0.717, 1.165) is 10.8 Å². The van der Waals surface area contributed by atoms with Gasteiger partial charge in [-0.25, -0.2) is 4.98 Å². The smallest absolute Gasteiger partial charge is 0.185 e. The molecular formula is C12H21N3S. The van der Waals surface area contributed by atoms with Crippen LogP contribution in [0.1, 0.15) is 49.2 Å². The lowest BCUT2D eigenvalue weighted by molar-refractivity contribution is 0.651. The maximum atomic E-state index is 5.93. The molecule has 16 heavy (non-hydrogen) atoms. The normalized spacial score (nSPS) is 19.0. The molecule has 1 aliphatic carbocycles. The largest absolute Gasteiger partial charge is 0.348 e. The summed E-state index contributed by atoms with van der Waals surface area (Å²) in [6.07, 6.45) is 5.34. The zero-order chi connectivity index (χ0) is 11.7. The monoisotopic (exact) mass is 239 g/mol. The lowest BCUT2D eigenvalue weighted by atomic mass is 10.2. The van der Waals surface area contributed by atoms with Gasteiger partial charge in [0.25, 0.3) is 0 Å². The first-order valence-electron chi connectivity index (χ1n) is 6.05. The van der Waals surface area contributed by atoms with Gasteiger partial charge >= 0.3 is 0 Å². The van der Waals surface area contributed by atoms with Crippen molar-refractivity contribution in [3.63, 3.8) is 0 Å². The molecule has 2 rings (SSSR count). The van der Waals surface area contributed by atoms with E-state index in [1.54, 1.807) is 11.3 Å². The summed E-state index contributed by atoms with van der Waals surface area (Å²) >= 11 is 1.75. The fourth-order valence-electron chi connectivity index (χ4n) is 2.41. The molecule has 1 unspecified atom stereocenters. The van der Waals surface area contributed by atoms with E-state index < -0.39 is 0 Å². The van der Waals surface area contributed by atoms with Gasteiger partial charge in [-0.15, -0.1) is 11.3 Å². The average Bonchev–Trinajstić information content (AvgIpc) is 2.84. The first kappa shape index (κ1) is 11.9. The van der Waals surface area contributed by atoms with Crippen molar-refractivity contribution in [2.24, 2.45) is 5.73 Å². The molecule has 1 heterocycles. The summed E-state index contributed by atoms with van der Waals surface area (Å²) in [7, 11) is 2.17. The van der Waals surface area contributed by atoms with Crippen LogP contribution in [0, 0.1) is 6.92 Å². The van der Waals surface area contributed by atoms with Crippen LogP contribution in [0.3, 0.4) is 0 Å². The predicted molar refractivity (Wildman–Crippen MR) is 70.1 cm³/mol. The van der Waals surface area contributed by atoms with Gasteiger partial charge in [0.2, 0.25) is 0 Å². The Morgan fingerprint density at radius 1 is 1.44 bits per heavy atom. The van der Waals surface area contributed by atoms with Gasteiger partial charge in [0.15, 0.2) is 5.13 Å². The van der Waals surface area contributed by atoms with Crippen molar-refractivity contribution in [3.8, 4) is 0 Å². The topological polar surface area (TPSA) is 42.2 Å². The van der Waals surface area contributed by atoms with Gasteiger partial charge in [0.1, 0.15) is 0 Å². The molecule has 4 heteroatoms. The highest BCUT2D eigenvalue weighted by Crippen LogP contribution is 2.33. The van der Waals surface area contributed by atoms with Gasteiger partial charge in [0, 0.05) is 24.0 Å². The van der Waals surface area contributed by atoms with E-state index >= 15 is 0 Å². The molecule has 0 spiro atoms. The van der Waals surface area contributed by atoms with Gasteiger partial charge in [-0.3, -0.25) is 0 Å². The van der Waals surface area contributed by atoms with E-state index in [4.69, 9.17) is 5.73 Å². The van der Waals surface area contributed by atoms with Crippen LogP contribution >= 0.6 is 11.3 Å². The lowest BCUT2D eigenvalue weighted by Crippen LogP contribution is -2.28. The Hall–Kier alpha value is -0.610. The van der Waals surface area contributed by atoms with Crippen LogP contribution in [0.2, 0.25) is 0 Å². The van der Waals surface area contributed by atoms with E-state index in [1.165, 1.54) is 30.6 Å². The van der Waals surface area contributed by atoms with Crippen molar-refractivity contribution in [2.75, 3.05) is 11.9 Å². The Labute approximate surface area is 102 Å². The van der Waals surface area contributed by atoms with Gasteiger partial charge in [0.05, 0.1) is 5.69 Å². The van der Waals surface area contributed by atoms with E-state index in [0.29, 0.717) is 6.04 Å². The van der Waals surface area contributed by atoms with Gasteiger partial charge in [-0.05, 0) is 26.7 Å². The number of hydrogen-bond acceptors (Lipinski definition) is 4. The van der Waals surface area contributed by atoms with Crippen LogP contribution in [0.5, 0.6) is 0 Å². The van der Waals surface area contributed by atoms with E-state index in [-0.39, 0.29) is 6.04 Å². The number of aromatic nitrogens is 1. The second-order valence-corrected chi connectivity index (χ2v) is 5.79. The molecule has 1 atom stereocenters. The summed E-state index contributed by atoms with van der Waals surface area (Å²) in [5, 5.41) is 1.14. The van der Waals surface area contributed by atoms with E-state index in [9.17, 15) is 0 Å². The Balaban J connectivity index is 2.16. The molecule has 0 radical (unpaired) electrons. The van der Waals surface area contributed by atoms with Crippen molar-refractivity contribution in [2.45, 2.75) is 51.6 Å². The van der Waals surface area contributed by atoms with Crippen molar-refractivity contribution in [1.29, 1.82) is 0 Å². The number of anilines is 1. The van der Waals surface area contributed by atoms with Gasteiger partial charge < -0.3 is 10.6 Å². The number of nitrogens with zero attached hydrogens (tertiary/aromatic N) is 2. The number of rotatable bonds is 3. The average molecular weight is 239 g/mol. The first-order valence-corrected chi connectivity index (χ1v) is 6.87. The summed E-state index contributed by atoms with van der Waals surface area (Å²) in [6, 6.07) is 0.787. The van der Waals surface area contributed by atoms with Crippen molar-refractivity contribution in [3.05, 3.63) is 10.6 Å². The number of nitrogens with two attached hydrogens (primary N) is 1. The summed E-state index contributed by atoms with van der Waals surface area (Å²) < 4.78 is 0. The van der Waals surface area contributed by atoms with Crippen LogP contribution in [-0.2, 0) is 0 Å². The molecule has 3 nitrogen and oxygen atoms in total. The number of aryl methyl sites for hydroxylation is 1. The highest BCUT2D eigenvalue weighted by Gasteiger charge is 2.23. The third kappa shape index (κ3) is 2.23. The van der Waals surface area contributed by atoms with Crippen LogP contribution in [-0.4, -0.2) is 18.1 Å². The minimum atomic E-state index is 0.100. The zero-order valence-electron chi connectivity index (χ0n) is 10.4. The maximum Gasteiger partial charge on any atom is 0.185 e. The van der Waals surface area contributed by atoms with Crippen molar-refractivity contribution >= 4 is 16.5 Å². The van der Waals surface area contributed by atoms with Crippen LogP contribution in [0.15, 0.2) is 0 Å². The molecule has 1 saturated carbocycles. The van der Waals surface area contributed by atoms with E-state index in [2.05, 4.69) is 23.9 Å². The minimum Gasteiger partial charge on any atom is -0.348 e. The molecule has 2 N–H and O–H groups in total. The Morgan fingerprint density at radius 2 is 2.06 bits per heavy atom. The predicted octanol–water partition coefficient (Wildman–Crippen LogP) is 2.85. The Morgan fingerprint density at radius 3 is 2.56 bits per heavy atom. The Kier molecular flexibility index (Phi) is 3.50. The fourth-order valence-corrected chi connectivity index (χ4v) is 3.47. The second kappa shape index (κ2) is 4.72. The Bertz CT molecular complexity index is 353. The third-order valence-electron chi connectivity index (χ3n) is 3.41. The summed E-state index contributed by atoms with van der Waals surface area (Å²) in [4.78, 5) is 8.21. The van der Waals surface area contributed by atoms with Crippen LogP contribution < -0.4 is 10.6 Å². The fraction of sp³-hybridized carbons (Fsp3) is 0.750. The van der Waals surface area contributed by atoms with Crippen molar-refractivity contribution in [1.82, 2.24) is 4.98 Å². The van der Waals surface area contributed by atoms with Crippen LogP contribution in [0.25, 0.3) is 0 Å². The quantitative estimate of drug-likeness (QED) is 0.882. The molecule has 1 aromatic heterocycles. The molecule has 0 aromatic carbocycles. The maximum absolute atomic E-state index is 5.93. The molecular weight excluding hydrogens is 218 g/mol. The molecule has 1 aliphatic rings. The molecule has 0 saturated heterocycles.